The Morgan fingerprint density at radius 2 is 1.65 bits per heavy atom. The molecule has 2 heteroatoms. The SMILES string of the molecule is C#C[C@]1(O)CC[C@H]2[C@@H]3C[C@@H](O)[C@]45C[C@H]4CC[C@]5(C)[C@H]3CC[C@@]21C. The Kier molecular flexibility index (Phi) is 2.57. The van der Waals surface area contributed by atoms with Gasteiger partial charge in [-0.2, -0.15) is 0 Å². The van der Waals surface area contributed by atoms with E-state index in [0.29, 0.717) is 17.3 Å². The molecule has 5 rings (SSSR count). The van der Waals surface area contributed by atoms with Gasteiger partial charge in [0.1, 0.15) is 5.60 Å². The summed E-state index contributed by atoms with van der Waals surface area (Å²) in [6, 6.07) is 0. The van der Waals surface area contributed by atoms with Crippen molar-refractivity contribution in [2.45, 2.75) is 76.9 Å². The Labute approximate surface area is 140 Å². The molecule has 0 bridgehead atoms. The van der Waals surface area contributed by atoms with E-state index in [9.17, 15) is 10.2 Å². The van der Waals surface area contributed by atoms with Gasteiger partial charge in [0, 0.05) is 10.8 Å². The summed E-state index contributed by atoms with van der Waals surface area (Å²) in [6.07, 6.45) is 14.5. The van der Waals surface area contributed by atoms with E-state index in [-0.39, 0.29) is 16.9 Å². The summed E-state index contributed by atoms with van der Waals surface area (Å²) in [7, 11) is 0. The average molecular weight is 314 g/mol. The van der Waals surface area contributed by atoms with Gasteiger partial charge in [-0.25, -0.2) is 0 Å². The van der Waals surface area contributed by atoms with Gasteiger partial charge in [0.25, 0.3) is 0 Å². The molecule has 126 valence electrons. The molecular formula is C21H30O2. The van der Waals surface area contributed by atoms with Crippen LogP contribution >= 0.6 is 0 Å². The lowest BCUT2D eigenvalue weighted by Gasteiger charge is -2.60. The van der Waals surface area contributed by atoms with Crippen LogP contribution in [-0.4, -0.2) is 21.9 Å². The summed E-state index contributed by atoms with van der Waals surface area (Å²) >= 11 is 0. The number of aliphatic hydroxyl groups is 2. The number of hydrogen-bond donors (Lipinski definition) is 2. The second-order valence-corrected chi connectivity index (χ2v) is 10.0. The number of aliphatic hydroxyl groups excluding tert-OH is 1. The zero-order valence-corrected chi connectivity index (χ0v) is 14.5. The third-order valence-corrected chi connectivity index (χ3v) is 9.96. The van der Waals surface area contributed by atoms with Gasteiger partial charge in [0.15, 0.2) is 0 Å². The first-order chi connectivity index (χ1) is 10.8. The predicted octanol–water partition coefficient (Wildman–Crippen LogP) is 3.36. The molecule has 2 N–H and O–H groups in total. The summed E-state index contributed by atoms with van der Waals surface area (Å²) in [4.78, 5) is 0. The number of terminal acetylenes is 1. The maximum atomic E-state index is 11.1. The van der Waals surface area contributed by atoms with Crippen LogP contribution in [0.5, 0.6) is 0 Å². The normalized spacial score (nSPS) is 66.0. The van der Waals surface area contributed by atoms with E-state index in [4.69, 9.17) is 6.42 Å². The maximum Gasteiger partial charge on any atom is 0.130 e. The molecule has 2 nitrogen and oxygen atoms in total. The van der Waals surface area contributed by atoms with Crippen molar-refractivity contribution in [1.29, 1.82) is 0 Å². The van der Waals surface area contributed by atoms with Crippen LogP contribution in [0.4, 0.5) is 0 Å². The Morgan fingerprint density at radius 1 is 1.00 bits per heavy atom. The van der Waals surface area contributed by atoms with Gasteiger partial charge in [-0.3, -0.25) is 0 Å². The minimum atomic E-state index is -0.929. The standard InChI is InChI=1S/C21H30O2/c1-4-20(23)10-7-15-14-11-17(22)21-12-13(21)5-8-19(21,3)16(14)6-9-18(15,20)2/h1,13-17,22-23H,5-12H2,2-3H3/t13-,14+,15+,16+,17-,18+,19-,20+,21+/m1/s1. The largest absolute Gasteiger partial charge is 0.393 e. The second kappa shape index (κ2) is 4.00. The van der Waals surface area contributed by atoms with E-state index in [1.807, 2.05) is 0 Å². The molecular weight excluding hydrogens is 284 g/mol. The van der Waals surface area contributed by atoms with Crippen LogP contribution in [0.2, 0.25) is 0 Å². The highest BCUT2D eigenvalue weighted by Gasteiger charge is 2.77. The van der Waals surface area contributed by atoms with E-state index < -0.39 is 5.60 Å². The first-order valence-electron chi connectivity index (χ1n) is 9.71. The van der Waals surface area contributed by atoms with Crippen molar-refractivity contribution in [3.63, 3.8) is 0 Å². The Morgan fingerprint density at radius 3 is 2.35 bits per heavy atom. The molecule has 5 aliphatic carbocycles. The molecule has 5 aliphatic rings. The lowest BCUT2D eigenvalue weighted by Crippen LogP contribution is -2.58. The number of rotatable bonds is 0. The molecule has 0 heterocycles. The number of fused-ring (bicyclic) bond motifs is 4. The second-order valence-electron chi connectivity index (χ2n) is 10.0. The molecule has 0 aromatic heterocycles. The van der Waals surface area contributed by atoms with E-state index in [1.54, 1.807) is 0 Å². The summed E-state index contributed by atoms with van der Waals surface area (Å²) in [6.45, 7) is 4.72. The highest BCUT2D eigenvalue weighted by atomic mass is 16.3. The van der Waals surface area contributed by atoms with Crippen molar-refractivity contribution in [2.24, 2.45) is 39.9 Å². The molecule has 1 spiro atoms. The highest BCUT2D eigenvalue weighted by molar-refractivity contribution is 5.28. The first kappa shape index (κ1) is 14.8. The van der Waals surface area contributed by atoms with Gasteiger partial charge >= 0.3 is 0 Å². The average Bonchev–Trinajstić information content (AvgIpc) is 3.11. The van der Waals surface area contributed by atoms with Gasteiger partial charge in [0.05, 0.1) is 6.10 Å². The van der Waals surface area contributed by atoms with Crippen LogP contribution < -0.4 is 0 Å². The Bertz CT molecular complexity index is 607. The van der Waals surface area contributed by atoms with E-state index in [0.717, 1.165) is 37.5 Å². The molecule has 5 saturated carbocycles. The molecule has 5 fully saturated rings. The zero-order valence-electron chi connectivity index (χ0n) is 14.5. The lowest BCUT2D eigenvalue weighted by atomic mass is 9.45. The predicted molar refractivity (Wildman–Crippen MR) is 89.3 cm³/mol. The van der Waals surface area contributed by atoms with Gasteiger partial charge in [-0.15, -0.1) is 6.42 Å². The van der Waals surface area contributed by atoms with Crippen LogP contribution in [0.15, 0.2) is 0 Å². The molecule has 9 atom stereocenters. The van der Waals surface area contributed by atoms with Crippen LogP contribution in [0.25, 0.3) is 0 Å². The zero-order chi connectivity index (χ0) is 16.3. The third kappa shape index (κ3) is 1.36. The Hall–Kier alpha value is -0.520. The van der Waals surface area contributed by atoms with Crippen molar-refractivity contribution >= 4 is 0 Å². The molecule has 0 unspecified atom stereocenters. The summed E-state index contributed by atoms with van der Waals surface area (Å²) in [5.41, 5.74) is -0.492. The van der Waals surface area contributed by atoms with Crippen LogP contribution in [0.3, 0.4) is 0 Å². The molecule has 0 radical (unpaired) electrons. The van der Waals surface area contributed by atoms with Crippen LogP contribution in [0.1, 0.15) is 65.2 Å². The van der Waals surface area contributed by atoms with Gasteiger partial charge in [-0.05, 0) is 80.5 Å². The third-order valence-electron chi connectivity index (χ3n) is 9.96. The van der Waals surface area contributed by atoms with Gasteiger partial charge in [-0.1, -0.05) is 19.8 Å². The molecule has 0 aromatic rings. The van der Waals surface area contributed by atoms with E-state index >= 15 is 0 Å². The van der Waals surface area contributed by atoms with Crippen molar-refractivity contribution in [3.8, 4) is 12.3 Å². The minimum absolute atomic E-state index is 0.122. The van der Waals surface area contributed by atoms with Crippen LogP contribution in [0, 0.1) is 52.3 Å². The van der Waals surface area contributed by atoms with Crippen molar-refractivity contribution < 1.29 is 10.2 Å². The van der Waals surface area contributed by atoms with Gasteiger partial charge < -0.3 is 10.2 Å². The van der Waals surface area contributed by atoms with Crippen LogP contribution in [-0.2, 0) is 0 Å². The minimum Gasteiger partial charge on any atom is -0.393 e. The highest BCUT2D eigenvalue weighted by Crippen LogP contribution is 2.81. The number of hydrogen-bond acceptors (Lipinski definition) is 2. The van der Waals surface area contributed by atoms with Crippen molar-refractivity contribution in [3.05, 3.63) is 0 Å². The molecule has 0 aromatic carbocycles. The summed E-state index contributed by atoms with van der Waals surface area (Å²) in [5, 5.41) is 22.1. The summed E-state index contributed by atoms with van der Waals surface area (Å²) < 4.78 is 0. The fraction of sp³-hybridized carbons (Fsp3) is 0.905. The smallest absolute Gasteiger partial charge is 0.130 e. The topological polar surface area (TPSA) is 40.5 Å². The monoisotopic (exact) mass is 314 g/mol. The molecule has 0 saturated heterocycles. The summed E-state index contributed by atoms with van der Waals surface area (Å²) in [5.74, 6) is 5.33. The molecule has 0 aliphatic heterocycles. The fourth-order valence-electron chi connectivity index (χ4n) is 8.56. The fourth-order valence-corrected chi connectivity index (χ4v) is 8.56. The van der Waals surface area contributed by atoms with Gasteiger partial charge in [0.2, 0.25) is 0 Å². The Balaban J connectivity index is 1.55. The maximum absolute atomic E-state index is 11.1. The molecule has 0 amide bonds. The van der Waals surface area contributed by atoms with E-state index in [1.165, 1.54) is 25.7 Å². The quantitative estimate of drug-likeness (QED) is 0.673. The first-order valence-corrected chi connectivity index (χ1v) is 9.71. The molecule has 23 heavy (non-hydrogen) atoms. The lowest BCUT2D eigenvalue weighted by molar-refractivity contribution is -0.163. The van der Waals surface area contributed by atoms with Crippen molar-refractivity contribution in [2.75, 3.05) is 0 Å². The van der Waals surface area contributed by atoms with E-state index in [2.05, 4.69) is 19.8 Å². The van der Waals surface area contributed by atoms with Crippen molar-refractivity contribution in [1.82, 2.24) is 0 Å².